The number of nitrogens with zero attached hydrogens (tertiary/aromatic N) is 3. The Balaban J connectivity index is 2.08. The van der Waals surface area contributed by atoms with Crippen LogP contribution in [-0.4, -0.2) is 27.5 Å². The summed E-state index contributed by atoms with van der Waals surface area (Å²) in [4.78, 5) is 16.5. The van der Waals surface area contributed by atoms with E-state index in [0.717, 1.165) is 0 Å². The number of carbonyl (C=O) groups is 1. The highest BCUT2D eigenvalue weighted by Crippen LogP contribution is 2.18. The van der Waals surface area contributed by atoms with Gasteiger partial charge in [-0.05, 0) is 12.1 Å². The molecule has 3 aromatic rings. The standard InChI is InChI=1S/C14H11N3O2/c1-19-11-4-2-3-10(7-11)14(18)12-8-16-17-6-5-15-9-13(12)17/h2-9H,1H3. The lowest BCUT2D eigenvalue weighted by Crippen LogP contribution is -2.01. The number of aromatic nitrogens is 3. The van der Waals surface area contributed by atoms with Crippen LogP contribution in [0.2, 0.25) is 0 Å². The Bertz CT molecular complexity index is 749. The van der Waals surface area contributed by atoms with Crippen molar-refractivity contribution in [2.45, 2.75) is 0 Å². The third-order valence-electron chi connectivity index (χ3n) is 2.90. The Labute approximate surface area is 109 Å². The van der Waals surface area contributed by atoms with Crippen molar-refractivity contribution in [1.29, 1.82) is 0 Å². The number of ether oxygens (including phenoxy) is 1. The van der Waals surface area contributed by atoms with Crippen LogP contribution in [0.5, 0.6) is 5.75 Å². The molecule has 3 rings (SSSR count). The van der Waals surface area contributed by atoms with Gasteiger partial charge in [0, 0.05) is 18.0 Å². The number of hydrogen-bond donors (Lipinski definition) is 0. The van der Waals surface area contributed by atoms with Crippen molar-refractivity contribution in [2.24, 2.45) is 0 Å². The first-order chi connectivity index (χ1) is 9.29. The molecule has 0 N–H and O–H groups in total. The molecule has 1 aromatic carbocycles. The fourth-order valence-corrected chi connectivity index (χ4v) is 1.93. The second-order valence-electron chi connectivity index (χ2n) is 4.03. The minimum absolute atomic E-state index is 0.0955. The van der Waals surface area contributed by atoms with E-state index in [4.69, 9.17) is 4.74 Å². The monoisotopic (exact) mass is 253 g/mol. The molecule has 0 aliphatic heterocycles. The minimum Gasteiger partial charge on any atom is -0.497 e. The smallest absolute Gasteiger partial charge is 0.197 e. The molecule has 0 aliphatic rings. The SMILES string of the molecule is COc1cccc(C(=O)c2cnn3ccncc23)c1. The maximum absolute atomic E-state index is 12.5. The second kappa shape index (κ2) is 4.53. The summed E-state index contributed by atoms with van der Waals surface area (Å²) >= 11 is 0. The number of methoxy groups -OCH3 is 1. The van der Waals surface area contributed by atoms with E-state index in [1.807, 2.05) is 0 Å². The van der Waals surface area contributed by atoms with Crippen LogP contribution in [0.1, 0.15) is 15.9 Å². The van der Waals surface area contributed by atoms with E-state index in [0.29, 0.717) is 22.4 Å². The zero-order chi connectivity index (χ0) is 13.2. The van der Waals surface area contributed by atoms with E-state index in [9.17, 15) is 4.79 Å². The van der Waals surface area contributed by atoms with Gasteiger partial charge in [-0.2, -0.15) is 5.10 Å². The number of fused-ring (bicyclic) bond motifs is 1. The Morgan fingerprint density at radius 2 is 2.21 bits per heavy atom. The van der Waals surface area contributed by atoms with Gasteiger partial charge >= 0.3 is 0 Å². The Morgan fingerprint density at radius 3 is 3.05 bits per heavy atom. The van der Waals surface area contributed by atoms with Crippen molar-refractivity contribution < 1.29 is 9.53 Å². The number of hydrogen-bond acceptors (Lipinski definition) is 4. The molecule has 0 saturated carbocycles. The molecule has 94 valence electrons. The molecule has 0 fully saturated rings. The number of rotatable bonds is 3. The van der Waals surface area contributed by atoms with Crippen LogP contribution in [0.3, 0.4) is 0 Å². The normalized spacial score (nSPS) is 10.6. The molecule has 2 aromatic heterocycles. The van der Waals surface area contributed by atoms with Crippen molar-refractivity contribution in [3.63, 3.8) is 0 Å². The quantitative estimate of drug-likeness (QED) is 0.670. The van der Waals surface area contributed by atoms with E-state index in [1.165, 1.54) is 0 Å². The summed E-state index contributed by atoms with van der Waals surface area (Å²) in [7, 11) is 1.57. The molecule has 0 atom stereocenters. The van der Waals surface area contributed by atoms with Gasteiger partial charge in [-0.3, -0.25) is 9.78 Å². The summed E-state index contributed by atoms with van der Waals surface area (Å²) in [5, 5.41) is 4.13. The first-order valence-corrected chi connectivity index (χ1v) is 5.75. The van der Waals surface area contributed by atoms with Gasteiger partial charge in [-0.25, -0.2) is 4.52 Å². The van der Waals surface area contributed by atoms with Gasteiger partial charge in [-0.1, -0.05) is 12.1 Å². The number of ketones is 1. The van der Waals surface area contributed by atoms with Crippen molar-refractivity contribution in [2.75, 3.05) is 7.11 Å². The van der Waals surface area contributed by atoms with Crippen molar-refractivity contribution >= 4 is 11.3 Å². The lowest BCUT2D eigenvalue weighted by Gasteiger charge is -2.02. The van der Waals surface area contributed by atoms with Gasteiger partial charge in [-0.15, -0.1) is 0 Å². The molecule has 0 saturated heterocycles. The second-order valence-corrected chi connectivity index (χ2v) is 4.03. The molecule has 2 heterocycles. The largest absolute Gasteiger partial charge is 0.497 e. The predicted molar refractivity (Wildman–Crippen MR) is 69.4 cm³/mol. The lowest BCUT2D eigenvalue weighted by atomic mass is 10.1. The molecule has 19 heavy (non-hydrogen) atoms. The number of carbonyl (C=O) groups excluding carboxylic acids is 1. The van der Waals surface area contributed by atoms with Crippen LogP contribution in [0.25, 0.3) is 5.52 Å². The molecular weight excluding hydrogens is 242 g/mol. The van der Waals surface area contributed by atoms with Gasteiger partial charge in [0.15, 0.2) is 5.78 Å². The lowest BCUT2D eigenvalue weighted by molar-refractivity contribution is 0.104. The highest BCUT2D eigenvalue weighted by molar-refractivity contribution is 6.13. The molecule has 0 aliphatic carbocycles. The zero-order valence-electron chi connectivity index (χ0n) is 10.3. The van der Waals surface area contributed by atoms with Gasteiger partial charge < -0.3 is 4.74 Å². The fourth-order valence-electron chi connectivity index (χ4n) is 1.93. The Kier molecular flexibility index (Phi) is 2.72. The first-order valence-electron chi connectivity index (χ1n) is 5.75. The van der Waals surface area contributed by atoms with Crippen LogP contribution in [0, 0.1) is 0 Å². The summed E-state index contributed by atoms with van der Waals surface area (Å²) in [6.45, 7) is 0. The van der Waals surface area contributed by atoms with Crippen LogP contribution >= 0.6 is 0 Å². The number of benzene rings is 1. The highest BCUT2D eigenvalue weighted by atomic mass is 16.5. The molecule has 5 heteroatoms. The summed E-state index contributed by atoms with van der Waals surface area (Å²) < 4.78 is 6.75. The molecule has 0 radical (unpaired) electrons. The van der Waals surface area contributed by atoms with Crippen molar-refractivity contribution in [1.82, 2.24) is 14.6 Å². The van der Waals surface area contributed by atoms with E-state index >= 15 is 0 Å². The van der Waals surface area contributed by atoms with Crippen LogP contribution < -0.4 is 4.74 Å². The summed E-state index contributed by atoms with van der Waals surface area (Å²) in [5.41, 5.74) is 1.79. The first kappa shape index (κ1) is 11.4. The van der Waals surface area contributed by atoms with Gasteiger partial charge in [0.2, 0.25) is 0 Å². The van der Waals surface area contributed by atoms with E-state index < -0.39 is 0 Å². The van der Waals surface area contributed by atoms with E-state index in [2.05, 4.69) is 10.1 Å². The zero-order valence-corrected chi connectivity index (χ0v) is 10.3. The molecule has 0 bridgehead atoms. The van der Waals surface area contributed by atoms with Crippen molar-refractivity contribution in [3.8, 4) is 5.75 Å². The summed E-state index contributed by atoms with van der Waals surface area (Å²) in [6, 6.07) is 7.05. The maximum atomic E-state index is 12.5. The third kappa shape index (κ3) is 1.95. The van der Waals surface area contributed by atoms with Gasteiger partial charge in [0.25, 0.3) is 0 Å². The van der Waals surface area contributed by atoms with E-state index in [-0.39, 0.29) is 5.78 Å². The van der Waals surface area contributed by atoms with Crippen LogP contribution in [0.15, 0.2) is 49.1 Å². The molecule has 0 amide bonds. The Hall–Kier alpha value is -2.69. The van der Waals surface area contributed by atoms with E-state index in [1.54, 1.807) is 60.7 Å². The third-order valence-corrected chi connectivity index (χ3v) is 2.90. The average Bonchev–Trinajstić information content (AvgIpc) is 2.90. The van der Waals surface area contributed by atoms with Gasteiger partial charge in [0.1, 0.15) is 5.75 Å². The van der Waals surface area contributed by atoms with Gasteiger partial charge in [0.05, 0.1) is 30.6 Å². The minimum atomic E-state index is -0.0955. The molecule has 0 unspecified atom stereocenters. The molecule has 5 nitrogen and oxygen atoms in total. The summed E-state index contributed by atoms with van der Waals surface area (Å²) in [5.74, 6) is 0.558. The maximum Gasteiger partial charge on any atom is 0.197 e. The van der Waals surface area contributed by atoms with Crippen LogP contribution in [-0.2, 0) is 0 Å². The molecular formula is C14H11N3O2. The average molecular weight is 253 g/mol. The molecule has 0 spiro atoms. The van der Waals surface area contributed by atoms with Crippen LogP contribution in [0.4, 0.5) is 0 Å². The fraction of sp³-hybridized carbons (Fsp3) is 0.0714. The topological polar surface area (TPSA) is 56.5 Å². The predicted octanol–water partition coefficient (Wildman–Crippen LogP) is 1.97. The summed E-state index contributed by atoms with van der Waals surface area (Å²) in [6.07, 6.45) is 6.51. The Morgan fingerprint density at radius 1 is 1.32 bits per heavy atom. The van der Waals surface area contributed by atoms with Crippen molar-refractivity contribution in [3.05, 3.63) is 60.2 Å². The highest BCUT2D eigenvalue weighted by Gasteiger charge is 2.15.